The summed E-state index contributed by atoms with van der Waals surface area (Å²) in [6, 6.07) is 29.1. The highest BCUT2D eigenvalue weighted by atomic mass is 14.7. The summed E-state index contributed by atoms with van der Waals surface area (Å²) in [7, 11) is 0. The first-order valence-corrected chi connectivity index (χ1v) is 9.69. The van der Waals surface area contributed by atoms with E-state index in [-0.39, 0.29) is 0 Å². The minimum Gasteiger partial charge on any atom is -0.361 e. The van der Waals surface area contributed by atoms with Crippen LogP contribution < -0.4 is 0 Å². The molecule has 0 atom stereocenters. The fourth-order valence-electron chi connectivity index (χ4n) is 4.12. The van der Waals surface area contributed by atoms with Gasteiger partial charge in [0.2, 0.25) is 0 Å². The Morgan fingerprint density at radius 2 is 1.38 bits per heavy atom. The molecule has 3 aromatic heterocycles. The van der Waals surface area contributed by atoms with E-state index in [1.807, 2.05) is 24.4 Å². The van der Waals surface area contributed by atoms with Crippen molar-refractivity contribution < 1.29 is 0 Å². The molecule has 0 aliphatic heterocycles. The molecule has 6 aromatic rings. The predicted octanol–water partition coefficient (Wildman–Crippen LogP) is 6.60. The SMILES string of the molecule is c1ccc2nc(-c3cnc4ccccc4c3-c3c[nH]c4ccccc34)ccc2c1. The third-order valence-electron chi connectivity index (χ3n) is 5.51. The molecule has 0 aliphatic carbocycles. The highest BCUT2D eigenvalue weighted by Crippen LogP contribution is 2.40. The number of nitrogens with zero attached hydrogens (tertiary/aromatic N) is 2. The molecule has 0 unspecified atom stereocenters. The Labute approximate surface area is 167 Å². The van der Waals surface area contributed by atoms with Crippen molar-refractivity contribution in [2.24, 2.45) is 0 Å². The molecule has 3 nitrogen and oxygen atoms in total. The number of fused-ring (bicyclic) bond motifs is 3. The van der Waals surface area contributed by atoms with Crippen LogP contribution in [0.3, 0.4) is 0 Å². The lowest BCUT2D eigenvalue weighted by Gasteiger charge is -2.13. The Kier molecular flexibility index (Phi) is 3.47. The second kappa shape index (κ2) is 6.28. The lowest BCUT2D eigenvalue weighted by molar-refractivity contribution is 1.35. The number of hydrogen-bond acceptors (Lipinski definition) is 2. The molecule has 0 aliphatic rings. The minimum atomic E-state index is 0.933. The van der Waals surface area contributed by atoms with E-state index in [9.17, 15) is 0 Å². The lowest BCUT2D eigenvalue weighted by Crippen LogP contribution is -1.92. The van der Waals surface area contributed by atoms with Gasteiger partial charge in [-0.25, -0.2) is 4.98 Å². The number of benzene rings is 3. The van der Waals surface area contributed by atoms with Crippen molar-refractivity contribution in [2.75, 3.05) is 0 Å². The highest BCUT2D eigenvalue weighted by Gasteiger charge is 2.17. The number of rotatable bonds is 2. The molecule has 3 heterocycles. The van der Waals surface area contributed by atoms with Gasteiger partial charge in [-0.2, -0.15) is 0 Å². The maximum Gasteiger partial charge on any atom is 0.0731 e. The number of hydrogen-bond donors (Lipinski definition) is 1. The van der Waals surface area contributed by atoms with Gasteiger partial charge in [0.25, 0.3) is 0 Å². The van der Waals surface area contributed by atoms with Crippen LogP contribution in [0.5, 0.6) is 0 Å². The van der Waals surface area contributed by atoms with Crippen LogP contribution in [0.2, 0.25) is 0 Å². The molecule has 136 valence electrons. The Morgan fingerprint density at radius 1 is 0.621 bits per heavy atom. The topological polar surface area (TPSA) is 41.6 Å². The van der Waals surface area contributed by atoms with E-state index in [0.717, 1.165) is 44.1 Å². The van der Waals surface area contributed by atoms with Gasteiger partial charge >= 0.3 is 0 Å². The van der Waals surface area contributed by atoms with Gasteiger partial charge in [-0.15, -0.1) is 0 Å². The molecule has 0 spiro atoms. The van der Waals surface area contributed by atoms with Crippen LogP contribution in [-0.2, 0) is 0 Å². The monoisotopic (exact) mass is 371 g/mol. The van der Waals surface area contributed by atoms with Crippen molar-refractivity contribution in [3.63, 3.8) is 0 Å². The molecular formula is C26H17N3. The molecule has 3 aromatic carbocycles. The van der Waals surface area contributed by atoms with E-state index in [4.69, 9.17) is 9.97 Å². The van der Waals surface area contributed by atoms with Gasteiger partial charge in [0.05, 0.1) is 16.7 Å². The largest absolute Gasteiger partial charge is 0.361 e. The zero-order valence-electron chi connectivity index (χ0n) is 15.6. The predicted molar refractivity (Wildman–Crippen MR) is 120 cm³/mol. The van der Waals surface area contributed by atoms with Crippen LogP contribution in [0.1, 0.15) is 0 Å². The fraction of sp³-hybridized carbons (Fsp3) is 0. The van der Waals surface area contributed by atoms with E-state index in [2.05, 4.69) is 77.9 Å². The molecule has 0 fully saturated rings. The number of pyridine rings is 2. The minimum absolute atomic E-state index is 0.933. The molecule has 0 bridgehead atoms. The second-order valence-corrected chi connectivity index (χ2v) is 7.20. The zero-order valence-corrected chi connectivity index (χ0v) is 15.6. The van der Waals surface area contributed by atoms with Gasteiger partial charge in [0.1, 0.15) is 0 Å². The Morgan fingerprint density at radius 3 is 2.31 bits per heavy atom. The summed E-state index contributed by atoms with van der Waals surface area (Å²) >= 11 is 0. The van der Waals surface area contributed by atoms with Gasteiger partial charge in [-0.3, -0.25) is 4.98 Å². The van der Waals surface area contributed by atoms with E-state index in [0.29, 0.717) is 0 Å². The van der Waals surface area contributed by atoms with E-state index < -0.39 is 0 Å². The van der Waals surface area contributed by atoms with Gasteiger partial charge in [0.15, 0.2) is 0 Å². The summed E-state index contributed by atoms with van der Waals surface area (Å²) in [6.45, 7) is 0. The third-order valence-corrected chi connectivity index (χ3v) is 5.51. The van der Waals surface area contributed by atoms with Crippen molar-refractivity contribution in [1.82, 2.24) is 15.0 Å². The molecule has 0 saturated carbocycles. The number of H-pyrrole nitrogens is 1. The first-order valence-electron chi connectivity index (χ1n) is 9.69. The molecule has 3 heteroatoms. The first-order chi connectivity index (χ1) is 14.4. The summed E-state index contributed by atoms with van der Waals surface area (Å²) < 4.78 is 0. The van der Waals surface area contributed by atoms with Crippen LogP contribution in [-0.4, -0.2) is 15.0 Å². The lowest BCUT2D eigenvalue weighted by atomic mass is 9.94. The van der Waals surface area contributed by atoms with Crippen molar-refractivity contribution in [3.8, 4) is 22.4 Å². The molecule has 0 amide bonds. The van der Waals surface area contributed by atoms with E-state index >= 15 is 0 Å². The maximum atomic E-state index is 4.95. The van der Waals surface area contributed by atoms with Crippen LogP contribution in [0.4, 0.5) is 0 Å². The summed E-state index contributed by atoms with van der Waals surface area (Å²) in [5, 5.41) is 3.47. The summed E-state index contributed by atoms with van der Waals surface area (Å²) in [6.07, 6.45) is 4.05. The quantitative estimate of drug-likeness (QED) is 0.373. The average Bonchev–Trinajstić information content (AvgIpc) is 3.22. The van der Waals surface area contributed by atoms with E-state index in [1.54, 1.807) is 0 Å². The summed E-state index contributed by atoms with van der Waals surface area (Å²) in [5.74, 6) is 0. The standard InChI is InChI=1S/C26H17N3/c1-4-10-22-17(7-1)13-14-25(29-22)21-16-28-24-12-6-3-9-19(24)26(21)20-15-27-23-11-5-2-8-18(20)23/h1-16,27H. The number of aromatic nitrogens is 3. The van der Waals surface area contributed by atoms with Crippen molar-refractivity contribution >= 4 is 32.7 Å². The molecule has 29 heavy (non-hydrogen) atoms. The molecule has 0 radical (unpaired) electrons. The van der Waals surface area contributed by atoms with Gasteiger partial charge in [0, 0.05) is 50.8 Å². The van der Waals surface area contributed by atoms with Crippen LogP contribution in [0, 0.1) is 0 Å². The fourth-order valence-corrected chi connectivity index (χ4v) is 4.12. The normalized spacial score (nSPS) is 11.4. The Balaban J connectivity index is 1.71. The van der Waals surface area contributed by atoms with Gasteiger partial charge in [-0.1, -0.05) is 60.7 Å². The van der Waals surface area contributed by atoms with Crippen LogP contribution >= 0.6 is 0 Å². The maximum absolute atomic E-state index is 4.95. The zero-order chi connectivity index (χ0) is 19.2. The van der Waals surface area contributed by atoms with Crippen molar-refractivity contribution in [3.05, 3.63) is 97.3 Å². The van der Waals surface area contributed by atoms with Crippen LogP contribution in [0.15, 0.2) is 97.3 Å². The van der Waals surface area contributed by atoms with Gasteiger partial charge < -0.3 is 4.98 Å². The molecule has 0 saturated heterocycles. The molecule has 6 rings (SSSR count). The van der Waals surface area contributed by atoms with Crippen molar-refractivity contribution in [2.45, 2.75) is 0 Å². The average molecular weight is 371 g/mol. The van der Waals surface area contributed by atoms with E-state index in [1.165, 1.54) is 10.9 Å². The van der Waals surface area contributed by atoms with Gasteiger partial charge in [-0.05, 0) is 24.3 Å². The Hall–Kier alpha value is -3.98. The summed E-state index contributed by atoms with van der Waals surface area (Å²) in [5.41, 5.74) is 7.41. The first kappa shape index (κ1) is 16.0. The number of nitrogens with one attached hydrogen (secondary N) is 1. The number of aromatic amines is 1. The molecular weight excluding hydrogens is 354 g/mol. The third kappa shape index (κ3) is 2.52. The van der Waals surface area contributed by atoms with Crippen molar-refractivity contribution in [1.29, 1.82) is 0 Å². The highest BCUT2D eigenvalue weighted by molar-refractivity contribution is 6.09. The number of para-hydroxylation sites is 3. The second-order valence-electron chi connectivity index (χ2n) is 7.20. The summed E-state index contributed by atoms with van der Waals surface area (Å²) in [4.78, 5) is 13.1. The Bertz CT molecular complexity index is 1510. The van der Waals surface area contributed by atoms with Crippen LogP contribution in [0.25, 0.3) is 55.1 Å². The molecule has 1 N–H and O–H groups in total. The smallest absolute Gasteiger partial charge is 0.0731 e.